The standard InChI is InChI=1S/C6H5ClO.CH5N/c7-5-2-1-3-6(8)4-5;1-2/h1-4,8H;2H2,1H3. The van der Waals surface area contributed by atoms with Gasteiger partial charge in [0.2, 0.25) is 0 Å². The van der Waals surface area contributed by atoms with Crippen LogP contribution in [-0.2, 0) is 0 Å². The molecule has 0 aromatic heterocycles. The van der Waals surface area contributed by atoms with Gasteiger partial charge in [0.1, 0.15) is 5.75 Å². The van der Waals surface area contributed by atoms with Crippen molar-refractivity contribution in [2.75, 3.05) is 7.05 Å². The lowest BCUT2D eigenvalue weighted by molar-refractivity contribution is 0.475. The number of hydrogen-bond acceptors (Lipinski definition) is 2. The SMILES string of the molecule is CN.Oc1cccc(Cl)c1. The maximum Gasteiger partial charge on any atom is 0.117 e. The molecule has 0 unspecified atom stereocenters. The summed E-state index contributed by atoms with van der Waals surface area (Å²) in [5, 5.41) is 9.29. The molecule has 0 aliphatic heterocycles. The van der Waals surface area contributed by atoms with Crippen molar-refractivity contribution in [3.05, 3.63) is 29.3 Å². The molecule has 3 N–H and O–H groups in total. The molecular weight excluding hydrogens is 150 g/mol. The van der Waals surface area contributed by atoms with Gasteiger partial charge in [-0.2, -0.15) is 0 Å². The van der Waals surface area contributed by atoms with Crippen LogP contribution in [0.1, 0.15) is 0 Å². The van der Waals surface area contributed by atoms with Crippen LogP contribution in [-0.4, -0.2) is 12.2 Å². The molecule has 0 aliphatic carbocycles. The summed E-state index contributed by atoms with van der Waals surface area (Å²) in [4.78, 5) is 0. The van der Waals surface area contributed by atoms with E-state index in [1.54, 1.807) is 18.2 Å². The number of benzene rings is 1. The molecule has 3 heteroatoms. The number of nitrogens with two attached hydrogens (primary N) is 1. The van der Waals surface area contributed by atoms with E-state index >= 15 is 0 Å². The molecule has 1 aromatic rings. The number of rotatable bonds is 0. The van der Waals surface area contributed by atoms with E-state index in [0.717, 1.165) is 0 Å². The van der Waals surface area contributed by atoms with E-state index < -0.39 is 0 Å². The third kappa shape index (κ3) is 3.33. The second-order valence-corrected chi connectivity index (χ2v) is 1.92. The van der Waals surface area contributed by atoms with Gasteiger partial charge < -0.3 is 10.8 Å². The van der Waals surface area contributed by atoms with Gasteiger partial charge in [-0.1, -0.05) is 17.7 Å². The van der Waals surface area contributed by atoms with Crippen LogP contribution in [0, 0.1) is 0 Å². The fourth-order valence-electron chi connectivity index (χ4n) is 0.476. The van der Waals surface area contributed by atoms with Crippen LogP contribution < -0.4 is 5.73 Å². The molecule has 56 valence electrons. The van der Waals surface area contributed by atoms with Crippen molar-refractivity contribution < 1.29 is 5.11 Å². The summed E-state index contributed by atoms with van der Waals surface area (Å²) in [5.74, 6) is 0.206. The zero-order valence-corrected chi connectivity index (χ0v) is 6.47. The van der Waals surface area contributed by atoms with E-state index in [0.29, 0.717) is 5.02 Å². The number of aromatic hydroxyl groups is 1. The van der Waals surface area contributed by atoms with Gasteiger partial charge in [-0.25, -0.2) is 0 Å². The molecule has 0 saturated carbocycles. The molecule has 0 heterocycles. The van der Waals surface area contributed by atoms with Gasteiger partial charge in [0.25, 0.3) is 0 Å². The fourth-order valence-corrected chi connectivity index (χ4v) is 0.661. The predicted octanol–water partition coefficient (Wildman–Crippen LogP) is 1.62. The monoisotopic (exact) mass is 159 g/mol. The molecule has 10 heavy (non-hydrogen) atoms. The average Bonchev–Trinajstić information content (AvgIpc) is 1.91. The van der Waals surface area contributed by atoms with E-state index in [1.807, 2.05) is 0 Å². The quantitative estimate of drug-likeness (QED) is 0.605. The van der Waals surface area contributed by atoms with E-state index in [4.69, 9.17) is 16.7 Å². The van der Waals surface area contributed by atoms with Crippen molar-refractivity contribution in [2.24, 2.45) is 5.73 Å². The minimum atomic E-state index is 0.206. The highest BCUT2D eigenvalue weighted by atomic mass is 35.5. The highest BCUT2D eigenvalue weighted by molar-refractivity contribution is 6.30. The van der Waals surface area contributed by atoms with Gasteiger partial charge in [-0.15, -0.1) is 0 Å². The predicted molar refractivity (Wildman–Crippen MR) is 43.2 cm³/mol. The summed E-state index contributed by atoms with van der Waals surface area (Å²) in [6.07, 6.45) is 0. The Kier molecular flexibility index (Phi) is 4.72. The third-order valence-electron chi connectivity index (χ3n) is 0.808. The Bertz CT molecular complexity index is 173. The molecule has 0 radical (unpaired) electrons. The van der Waals surface area contributed by atoms with Crippen LogP contribution >= 0.6 is 11.6 Å². The summed E-state index contributed by atoms with van der Waals surface area (Å²) >= 11 is 5.48. The van der Waals surface area contributed by atoms with E-state index in [2.05, 4.69) is 5.73 Å². The number of phenols is 1. The first kappa shape index (κ1) is 9.27. The topological polar surface area (TPSA) is 46.2 Å². The first-order valence-corrected chi connectivity index (χ1v) is 3.19. The lowest BCUT2D eigenvalue weighted by atomic mass is 10.3. The molecule has 2 nitrogen and oxygen atoms in total. The molecule has 0 bridgehead atoms. The largest absolute Gasteiger partial charge is 0.508 e. The summed E-state index contributed by atoms with van der Waals surface area (Å²) < 4.78 is 0. The Labute approximate surface area is 65.2 Å². The Balaban J connectivity index is 0.000000371. The van der Waals surface area contributed by atoms with E-state index in [9.17, 15) is 0 Å². The van der Waals surface area contributed by atoms with E-state index in [1.165, 1.54) is 13.1 Å². The highest BCUT2D eigenvalue weighted by Gasteiger charge is 1.85. The van der Waals surface area contributed by atoms with Crippen LogP contribution in [0.3, 0.4) is 0 Å². The third-order valence-corrected chi connectivity index (χ3v) is 1.04. The molecule has 0 atom stereocenters. The Morgan fingerprint density at radius 3 is 2.30 bits per heavy atom. The minimum Gasteiger partial charge on any atom is -0.508 e. The molecule has 0 amide bonds. The van der Waals surface area contributed by atoms with Gasteiger partial charge in [0, 0.05) is 5.02 Å². The van der Waals surface area contributed by atoms with E-state index in [-0.39, 0.29) is 5.75 Å². The van der Waals surface area contributed by atoms with Crippen LogP contribution in [0.5, 0.6) is 5.75 Å². The molecule has 0 saturated heterocycles. The van der Waals surface area contributed by atoms with Gasteiger partial charge >= 0.3 is 0 Å². The van der Waals surface area contributed by atoms with Crippen LogP contribution in [0.15, 0.2) is 24.3 Å². The molecule has 0 aliphatic rings. The van der Waals surface area contributed by atoms with Crippen LogP contribution in [0.25, 0.3) is 0 Å². The first-order chi connectivity index (χ1) is 4.79. The summed E-state index contributed by atoms with van der Waals surface area (Å²) in [6.45, 7) is 0. The van der Waals surface area contributed by atoms with Crippen molar-refractivity contribution in [1.82, 2.24) is 0 Å². The zero-order valence-electron chi connectivity index (χ0n) is 5.71. The molecule has 0 spiro atoms. The van der Waals surface area contributed by atoms with Crippen LogP contribution in [0.4, 0.5) is 0 Å². The van der Waals surface area contributed by atoms with Gasteiger partial charge in [0.15, 0.2) is 0 Å². The Morgan fingerprint density at radius 1 is 1.40 bits per heavy atom. The van der Waals surface area contributed by atoms with Crippen molar-refractivity contribution >= 4 is 11.6 Å². The summed E-state index contributed by atoms with van der Waals surface area (Å²) in [7, 11) is 1.50. The lowest BCUT2D eigenvalue weighted by Gasteiger charge is -1.88. The second kappa shape index (κ2) is 5.09. The van der Waals surface area contributed by atoms with Gasteiger partial charge in [0.05, 0.1) is 0 Å². The summed E-state index contributed by atoms with van der Waals surface area (Å²) in [6, 6.07) is 6.46. The molecular formula is C7H10ClNO. The minimum absolute atomic E-state index is 0.206. The van der Waals surface area contributed by atoms with Crippen molar-refractivity contribution in [1.29, 1.82) is 0 Å². The number of halogens is 1. The first-order valence-electron chi connectivity index (χ1n) is 2.81. The smallest absolute Gasteiger partial charge is 0.117 e. The zero-order chi connectivity index (χ0) is 7.98. The van der Waals surface area contributed by atoms with Crippen LogP contribution in [0.2, 0.25) is 5.02 Å². The number of hydrogen-bond donors (Lipinski definition) is 2. The summed E-state index contributed by atoms with van der Waals surface area (Å²) in [5.41, 5.74) is 4.50. The number of phenolic OH excluding ortho intramolecular Hbond substituents is 1. The highest BCUT2D eigenvalue weighted by Crippen LogP contribution is 2.14. The molecule has 1 rings (SSSR count). The van der Waals surface area contributed by atoms with Crippen molar-refractivity contribution in [3.63, 3.8) is 0 Å². The Hall–Kier alpha value is -0.730. The maximum absolute atomic E-state index is 8.73. The Morgan fingerprint density at radius 2 is 2.00 bits per heavy atom. The second-order valence-electron chi connectivity index (χ2n) is 1.48. The normalized spacial score (nSPS) is 7.90. The fraction of sp³-hybridized carbons (Fsp3) is 0.143. The van der Waals surface area contributed by atoms with Gasteiger partial charge in [-0.05, 0) is 25.2 Å². The van der Waals surface area contributed by atoms with Crippen molar-refractivity contribution in [3.8, 4) is 5.75 Å². The molecule has 0 fully saturated rings. The average molecular weight is 160 g/mol. The molecule has 1 aromatic carbocycles. The maximum atomic E-state index is 8.73. The lowest BCUT2D eigenvalue weighted by Crippen LogP contribution is -1.69. The van der Waals surface area contributed by atoms with Gasteiger partial charge in [-0.3, -0.25) is 0 Å². The van der Waals surface area contributed by atoms with Crippen molar-refractivity contribution in [2.45, 2.75) is 0 Å².